The summed E-state index contributed by atoms with van der Waals surface area (Å²) in [5.74, 6) is -1.74. The maximum atomic E-state index is 13.6. The summed E-state index contributed by atoms with van der Waals surface area (Å²) in [6, 6.07) is 13.2. The predicted molar refractivity (Wildman–Crippen MR) is 148 cm³/mol. The molecule has 38 heavy (non-hydrogen) atoms. The number of nitrogens with one attached hydrogen (secondary N) is 2. The van der Waals surface area contributed by atoms with E-state index in [1.807, 2.05) is 32.9 Å². The Hall–Kier alpha value is -4.31. The Morgan fingerprint density at radius 3 is 2.50 bits per heavy atom. The first-order valence-electron chi connectivity index (χ1n) is 12.2. The van der Waals surface area contributed by atoms with Crippen LogP contribution in [-0.2, 0) is 11.2 Å². The van der Waals surface area contributed by atoms with Gasteiger partial charge in [0.05, 0.1) is 12.2 Å². The van der Waals surface area contributed by atoms with Crippen molar-refractivity contribution in [3.05, 3.63) is 91.8 Å². The van der Waals surface area contributed by atoms with Gasteiger partial charge in [-0.25, -0.2) is 14.2 Å². The van der Waals surface area contributed by atoms with Gasteiger partial charge in [0.1, 0.15) is 10.6 Å². The second-order valence-electron chi connectivity index (χ2n) is 8.69. The van der Waals surface area contributed by atoms with Crippen molar-refractivity contribution in [3.63, 3.8) is 0 Å². The molecule has 2 heterocycles. The van der Waals surface area contributed by atoms with Crippen molar-refractivity contribution in [1.82, 2.24) is 9.38 Å². The molecule has 0 aliphatic heterocycles. The summed E-state index contributed by atoms with van der Waals surface area (Å²) < 4.78 is 6.19. The Morgan fingerprint density at radius 1 is 1.00 bits per heavy atom. The van der Waals surface area contributed by atoms with Gasteiger partial charge in [0.15, 0.2) is 4.96 Å². The molecule has 4 aromatic rings. The van der Waals surface area contributed by atoms with Crippen LogP contribution in [0, 0.1) is 13.8 Å². The molecular weight excluding hydrogens is 504 g/mol. The molecule has 2 N–H and O–H groups in total. The normalized spacial score (nSPS) is 10.8. The van der Waals surface area contributed by atoms with Crippen molar-refractivity contribution < 1.29 is 19.1 Å². The number of rotatable bonds is 8. The number of hydrogen-bond acceptors (Lipinski definition) is 7. The second-order valence-corrected chi connectivity index (χ2v) is 9.67. The quantitative estimate of drug-likeness (QED) is 0.308. The van der Waals surface area contributed by atoms with Crippen LogP contribution >= 0.6 is 11.3 Å². The van der Waals surface area contributed by atoms with Gasteiger partial charge < -0.3 is 15.4 Å². The number of nitrogens with zero attached hydrogens (tertiary/aromatic N) is 2. The summed E-state index contributed by atoms with van der Waals surface area (Å²) in [6.07, 6.45) is 1.38. The van der Waals surface area contributed by atoms with E-state index in [4.69, 9.17) is 4.74 Å². The minimum atomic E-state index is -0.685. The van der Waals surface area contributed by atoms with Crippen LogP contribution in [0.3, 0.4) is 0 Å². The lowest BCUT2D eigenvalue weighted by Crippen LogP contribution is -2.25. The molecule has 0 spiro atoms. The van der Waals surface area contributed by atoms with Crippen LogP contribution < -0.4 is 16.2 Å². The van der Waals surface area contributed by atoms with E-state index in [-0.39, 0.29) is 27.7 Å². The number of thiazole rings is 1. The zero-order valence-electron chi connectivity index (χ0n) is 21.6. The number of aryl methyl sites for hydroxylation is 2. The number of esters is 1. The van der Waals surface area contributed by atoms with Crippen LogP contribution in [0.1, 0.15) is 67.6 Å². The molecule has 196 valence electrons. The minimum Gasteiger partial charge on any atom is -0.462 e. The van der Waals surface area contributed by atoms with E-state index in [0.29, 0.717) is 23.5 Å². The smallest absolute Gasteiger partial charge is 0.338 e. The van der Waals surface area contributed by atoms with Gasteiger partial charge in [0.2, 0.25) is 0 Å². The number of anilines is 2. The third-order valence-corrected chi connectivity index (χ3v) is 7.02. The van der Waals surface area contributed by atoms with E-state index in [1.165, 1.54) is 12.1 Å². The Kier molecular flexibility index (Phi) is 8.02. The van der Waals surface area contributed by atoms with Gasteiger partial charge >= 0.3 is 5.97 Å². The topological polar surface area (TPSA) is 119 Å². The van der Waals surface area contributed by atoms with Gasteiger partial charge in [-0.15, -0.1) is 0 Å². The van der Waals surface area contributed by atoms with E-state index in [1.54, 1.807) is 31.2 Å². The van der Waals surface area contributed by atoms with E-state index in [0.717, 1.165) is 33.3 Å². The number of amides is 2. The SMILES string of the molecule is CCCc1cc(=O)n2c(C(=O)Nc3cccc(C(=O)OCC)c3)c(C(=O)Nc3cccc(C)c3C)sc2n1. The molecule has 0 saturated carbocycles. The van der Waals surface area contributed by atoms with Crippen molar-refractivity contribution in [2.75, 3.05) is 17.2 Å². The number of ether oxygens (including phenoxy) is 1. The number of carbonyl (C=O) groups is 3. The fourth-order valence-corrected chi connectivity index (χ4v) is 5.00. The molecule has 0 atom stereocenters. The van der Waals surface area contributed by atoms with E-state index in [2.05, 4.69) is 15.6 Å². The monoisotopic (exact) mass is 532 g/mol. The molecule has 9 nitrogen and oxygen atoms in total. The number of benzene rings is 2. The molecular formula is C28H28N4O5S. The lowest BCUT2D eigenvalue weighted by Gasteiger charge is -2.11. The van der Waals surface area contributed by atoms with Gasteiger partial charge in [-0.3, -0.25) is 14.4 Å². The van der Waals surface area contributed by atoms with Crippen LogP contribution in [0.2, 0.25) is 0 Å². The molecule has 2 aromatic heterocycles. The Balaban J connectivity index is 1.78. The van der Waals surface area contributed by atoms with Gasteiger partial charge in [-0.1, -0.05) is 42.9 Å². The summed E-state index contributed by atoms with van der Waals surface area (Å²) in [5, 5.41) is 5.58. The number of carbonyl (C=O) groups excluding carboxylic acids is 3. The third kappa shape index (κ3) is 5.50. The highest BCUT2D eigenvalue weighted by atomic mass is 32.1. The molecule has 2 amide bonds. The van der Waals surface area contributed by atoms with Crippen LogP contribution in [0.25, 0.3) is 4.96 Å². The lowest BCUT2D eigenvalue weighted by molar-refractivity contribution is 0.0526. The molecule has 0 aliphatic carbocycles. The molecule has 0 bridgehead atoms. The Labute approximate surface area is 223 Å². The molecule has 10 heteroatoms. The van der Waals surface area contributed by atoms with Crippen molar-refractivity contribution in [2.24, 2.45) is 0 Å². The van der Waals surface area contributed by atoms with Gasteiger partial charge in [-0.05, 0) is 62.6 Å². The molecule has 2 aromatic carbocycles. The number of aromatic nitrogens is 2. The van der Waals surface area contributed by atoms with Crippen molar-refractivity contribution in [2.45, 2.75) is 40.5 Å². The number of fused-ring (bicyclic) bond motifs is 1. The zero-order valence-corrected chi connectivity index (χ0v) is 22.4. The maximum Gasteiger partial charge on any atom is 0.338 e. The highest BCUT2D eigenvalue weighted by Crippen LogP contribution is 2.26. The summed E-state index contributed by atoms with van der Waals surface area (Å²) in [5.41, 5.74) is 3.08. The summed E-state index contributed by atoms with van der Waals surface area (Å²) in [6.45, 7) is 7.72. The highest BCUT2D eigenvalue weighted by Gasteiger charge is 2.27. The van der Waals surface area contributed by atoms with E-state index >= 15 is 0 Å². The van der Waals surface area contributed by atoms with Crippen LogP contribution in [-0.4, -0.2) is 33.8 Å². The van der Waals surface area contributed by atoms with E-state index in [9.17, 15) is 19.2 Å². The van der Waals surface area contributed by atoms with Crippen molar-refractivity contribution in [3.8, 4) is 0 Å². The third-order valence-electron chi connectivity index (χ3n) is 5.98. The predicted octanol–water partition coefficient (Wildman–Crippen LogP) is 5.01. The van der Waals surface area contributed by atoms with Gasteiger partial charge in [0, 0.05) is 23.1 Å². The van der Waals surface area contributed by atoms with Crippen LogP contribution in [0.5, 0.6) is 0 Å². The van der Waals surface area contributed by atoms with Crippen LogP contribution in [0.15, 0.2) is 53.3 Å². The average Bonchev–Trinajstić information content (AvgIpc) is 3.28. The van der Waals surface area contributed by atoms with Crippen LogP contribution in [0.4, 0.5) is 11.4 Å². The Morgan fingerprint density at radius 2 is 1.76 bits per heavy atom. The van der Waals surface area contributed by atoms with Gasteiger partial charge in [-0.2, -0.15) is 0 Å². The highest BCUT2D eigenvalue weighted by molar-refractivity contribution is 7.19. The largest absolute Gasteiger partial charge is 0.462 e. The maximum absolute atomic E-state index is 13.6. The summed E-state index contributed by atoms with van der Waals surface area (Å²) in [4.78, 5) is 57.1. The summed E-state index contributed by atoms with van der Waals surface area (Å²) in [7, 11) is 0. The average molecular weight is 533 g/mol. The molecule has 0 unspecified atom stereocenters. The van der Waals surface area contributed by atoms with Gasteiger partial charge in [0.25, 0.3) is 17.4 Å². The standard InChI is InChI=1S/C28H28N4O5S/c1-5-9-19-15-22(33)32-23(25(34)29-20-12-8-11-18(14-20)27(36)37-6-2)24(38-28(32)30-19)26(35)31-21-13-7-10-16(3)17(21)4/h7-8,10-15H,5-6,9H2,1-4H3,(H,29,34)(H,31,35). The molecule has 0 aliphatic rings. The minimum absolute atomic E-state index is 0.0446. The first-order chi connectivity index (χ1) is 18.2. The lowest BCUT2D eigenvalue weighted by atomic mass is 10.1. The van der Waals surface area contributed by atoms with Crippen molar-refractivity contribution in [1.29, 1.82) is 0 Å². The Bertz CT molecular complexity index is 1600. The van der Waals surface area contributed by atoms with Crippen molar-refractivity contribution >= 4 is 45.5 Å². The zero-order chi connectivity index (χ0) is 27.4. The molecule has 0 saturated heterocycles. The molecule has 4 rings (SSSR count). The fourth-order valence-electron chi connectivity index (χ4n) is 3.96. The first kappa shape index (κ1) is 26.7. The number of hydrogen-bond donors (Lipinski definition) is 2. The fraction of sp³-hybridized carbons (Fsp3) is 0.250. The molecule has 0 radical (unpaired) electrons. The first-order valence-corrected chi connectivity index (χ1v) is 13.1. The molecule has 0 fully saturated rings. The van der Waals surface area contributed by atoms with E-state index < -0.39 is 23.3 Å². The summed E-state index contributed by atoms with van der Waals surface area (Å²) >= 11 is 0.974. The second kappa shape index (κ2) is 11.4.